The monoisotopic (exact) mass is 266 g/mol. The molecule has 1 aliphatic heterocycles. The molecule has 0 saturated carbocycles. The number of aromatic nitrogens is 2. The van der Waals surface area contributed by atoms with Crippen LogP contribution in [0.3, 0.4) is 0 Å². The van der Waals surface area contributed by atoms with Crippen LogP contribution in [0.1, 0.15) is 35.9 Å². The van der Waals surface area contributed by atoms with Crippen LogP contribution < -0.4 is 5.73 Å². The maximum atomic E-state index is 11.5. The van der Waals surface area contributed by atoms with Crippen molar-refractivity contribution in [2.45, 2.75) is 32.4 Å². The van der Waals surface area contributed by atoms with E-state index in [0.29, 0.717) is 13.2 Å². The Hall–Kier alpha value is -1.89. The van der Waals surface area contributed by atoms with E-state index in [0.717, 1.165) is 25.1 Å². The Morgan fingerprint density at radius 1 is 1.63 bits per heavy atom. The van der Waals surface area contributed by atoms with Crippen molar-refractivity contribution in [1.29, 1.82) is 0 Å². The van der Waals surface area contributed by atoms with Gasteiger partial charge in [-0.25, -0.2) is 4.79 Å². The maximum absolute atomic E-state index is 11.5. The fourth-order valence-corrected chi connectivity index (χ4v) is 2.31. The van der Waals surface area contributed by atoms with Gasteiger partial charge < -0.3 is 10.5 Å². The molecule has 1 aromatic rings. The highest BCUT2D eigenvalue weighted by molar-refractivity contribution is 5.87. The molecule has 1 fully saturated rings. The third-order valence-electron chi connectivity index (χ3n) is 3.18. The lowest BCUT2D eigenvalue weighted by Crippen LogP contribution is -2.39. The lowest BCUT2D eigenvalue weighted by atomic mass is 10.2. The van der Waals surface area contributed by atoms with Gasteiger partial charge in [-0.3, -0.25) is 14.8 Å². The fraction of sp³-hybridized carbons (Fsp3) is 0.583. The highest BCUT2D eigenvalue weighted by Gasteiger charge is 2.29. The summed E-state index contributed by atoms with van der Waals surface area (Å²) >= 11 is 0. The summed E-state index contributed by atoms with van der Waals surface area (Å²) in [5.41, 5.74) is 6.38. The Balaban J connectivity index is 2.00. The summed E-state index contributed by atoms with van der Waals surface area (Å²) in [6.07, 6.45) is 1.74. The van der Waals surface area contributed by atoms with E-state index < -0.39 is 5.97 Å². The van der Waals surface area contributed by atoms with E-state index in [1.807, 2.05) is 4.90 Å². The number of esters is 1. The number of carbonyl (C=O) groups is 2. The number of nitrogens with one attached hydrogen (secondary N) is 1. The molecule has 1 aliphatic rings. The van der Waals surface area contributed by atoms with Crippen LogP contribution in [0.25, 0.3) is 0 Å². The van der Waals surface area contributed by atoms with Crippen molar-refractivity contribution in [3.63, 3.8) is 0 Å². The number of H-pyrrole nitrogens is 1. The van der Waals surface area contributed by atoms with Gasteiger partial charge >= 0.3 is 5.97 Å². The normalized spacial score (nSPS) is 19.5. The maximum Gasteiger partial charge on any atom is 0.358 e. The average molecular weight is 266 g/mol. The van der Waals surface area contributed by atoms with Crippen molar-refractivity contribution < 1.29 is 14.3 Å². The zero-order valence-electron chi connectivity index (χ0n) is 10.9. The number of ether oxygens (including phenoxy) is 1. The van der Waals surface area contributed by atoms with Crippen molar-refractivity contribution >= 4 is 11.9 Å². The summed E-state index contributed by atoms with van der Waals surface area (Å²) in [6, 6.07) is 1.42. The van der Waals surface area contributed by atoms with E-state index >= 15 is 0 Å². The summed E-state index contributed by atoms with van der Waals surface area (Å²) in [4.78, 5) is 24.7. The largest absolute Gasteiger partial charge is 0.461 e. The van der Waals surface area contributed by atoms with E-state index in [-0.39, 0.29) is 17.6 Å². The first kappa shape index (κ1) is 13.5. The van der Waals surface area contributed by atoms with Gasteiger partial charge in [0.15, 0.2) is 5.69 Å². The van der Waals surface area contributed by atoms with E-state index in [2.05, 4.69) is 10.2 Å². The van der Waals surface area contributed by atoms with Crippen LogP contribution in [-0.2, 0) is 16.1 Å². The topological polar surface area (TPSA) is 101 Å². The highest BCUT2D eigenvalue weighted by Crippen LogP contribution is 2.19. The SMILES string of the molecule is CCOC(=O)c1cc(CN2CCC[C@H]2C(N)=O)[nH]n1. The summed E-state index contributed by atoms with van der Waals surface area (Å²) < 4.78 is 4.86. The van der Waals surface area contributed by atoms with Crippen molar-refractivity contribution in [2.75, 3.05) is 13.2 Å². The molecule has 7 nitrogen and oxygen atoms in total. The molecule has 7 heteroatoms. The molecule has 2 heterocycles. The van der Waals surface area contributed by atoms with Gasteiger partial charge in [-0.2, -0.15) is 5.10 Å². The van der Waals surface area contributed by atoms with Gasteiger partial charge in [-0.1, -0.05) is 0 Å². The number of aromatic amines is 1. The first-order valence-corrected chi connectivity index (χ1v) is 6.36. The molecular formula is C12H18N4O3. The molecule has 0 unspecified atom stereocenters. The molecule has 3 N–H and O–H groups in total. The molecule has 1 aromatic heterocycles. The molecule has 0 spiro atoms. The van der Waals surface area contributed by atoms with Crippen molar-refractivity contribution in [3.05, 3.63) is 17.5 Å². The van der Waals surface area contributed by atoms with Crippen LogP contribution in [-0.4, -0.2) is 46.2 Å². The van der Waals surface area contributed by atoms with Gasteiger partial charge in [-0.05, 0) is 32.4 Å². The summed E-state index contributed by atoms with van der Waals surface area (Å²) in [7, 11) is 0. The van der Waals surface area contributed by atoms with Crippen molar-refractivity contribution in [2.24, 2.45) is 5.73 Å². The lowest BCUT2D eigenvalue weighted by Gasteiger charge is -2.20. The minimum Gasteiger partial charge on any atom is -0.461 e. The average Bonchev–Trinajstić information content (AvgIpc) is 2.99. The second-order valence-electron chi connectivity index (χ2n) is 4.53. The number of nitrogens with zero attached hydrogens (tertiary/aromatic N) is 2. The van der Waals surface area contributed by atoms with E-state index in [9.17, 15) is 9.59 Å². The quantitative estimate of drug-likeness (QED) is 0.732. The van der Waals surface area contributed by atoms with Crippen LogP contribution in [0, 0.1) is 0 Å². The fourth-order valence-electron chi connectivity index (χ4n) is 2.31. The van der Waals surface area contributed by atoms with Crippen LogP contribution in [0.5, 0.6) is 0 Å². The highest BCUT2D eigenvalue weighted by atomic mass is 16.5. The minimum absolute atomic E-state index is 0.227. The Labute approximate surface area is 111 Å². The zero-order chi connectivity index (χ0) is 13.8. The summed E-state index contributed by atoms with van der Waals surface area (Å²) in [5.74, 6) is -0.750. The summed E-state index contributed by atoms with van der Waals surface area (Å²) in [6.45, 7) is 3.41. The third-order valence-corrected chi connectivity index (χ3v) is 3.18. The number of hydrogen-bond acceptors (Lipinski definition) is 5. The van der Waals surface area contributed by atoms with Crippen LogP contribution >= 0.6 is 0 Å². The van der Waals surface area contributed by atoms with Gasteiger partial charge in [-0.15, -0.1) is 0 Å². The second kappa shape index (κ2) is 5.83. The van der Waals surface area contributed by atoms with E-state index in [1.54, 1.807) is 13.0 Å². The zero-order valence-corrected chi connectivity index (χ0v) is 10.9. The standard InChI is InChI=1S/C12H18N4O3/c1-2-19-12(18)9-6-8(14-15-9)7-16-5-3-4-10(16)11(13)17/h6,10H,2-5,7H2,1H3,(H2,13,17)(H,14,15)/t10-/m0/s1. The van der Waals surface area contributed by atoms with Crippen molar-refractivity contribution in [3.8, 4) is 0 Å². The molecule has 2 rings (SSSR count). The Bertz CT molecular complexity index is 471. The van der Waals surface area contributed by atoms with Gasteiger partial charge in [0.05, 0.1) is 18.3 Å². The minimum atomic E-state index is -0.446. The number of amides is 1. The predicted molar refractivity (Wildman–Crippen MR) is 67.2 cm³/mol. The van der Waals surface area contributed by atoms with Gasteiger partial charge in [0.25, 0.3) is 0 Å². The molecule has 0 radical (unpaired) electrons. The second-order valence-corrected chi connectivity index (χ2v) is 4.53. The number of rotatable bonds is 5. The molecule has 1 amide bonds. The number of primary amides is 1. The molecule has 0 bridgehead atoms. The number of likely N-dealkylation sites (tertiary alicyclic amines) is 1. The van der Waals surface area contributed by atoms with Gasteiger partial charge in [0.2, 0.25) is 5.91 Å². The van der Waals surface area contributed by atoms with E-state index in [4.69, 9.17) is 10.5 Å². The van der Waals surface area contributed by atoms with Crippen LogP contribution in [0.4, 0.5) is 0 Å². The predicted octanol–water partition coefficient (Wildman–Crippen LogP) is 0.0361. The summed E-state index contributed by atoms with van der Waals surface area (Å²) in [5, 5.41) is 6.69. The smallest absolute Gasteiger partial charge is 0.358 e. The Morgan fingerprint density at radius 2 is 2.42 bits per heavy atom. The number of hydrogen-bond donors (Lipinski definition) is 2. The Kier molecular flexibility index (Phi) is 4.16. The third kappa shape index (κ3) is 3.11. The molecule has 0 aromatic carbocycles. The lowest BCUT2D eigenvalue weighted by molar-refractivity contribution is -0.122. The molecule has 19 heavy (non-hydrogen) atoms. The van der Waals surface area contributed by atoms with Crippen molar-refractivity contribution in [1.82, 2.24) is 15.1 Å². The molecule has 104 valence electrons. The first-order chi connectivity index (χ1) is 9.11. The molecular weight excluding hydrogens is 248 g/mol. The van der Waals surface area contributed by atoms with Crippen LogP contribution in [0.15, 0.2) is 6.07 Å². The number of carbonyl (C=O) groups excluding carboxylic acids is 2. The van der Waals surface area contributed by atoms with Gasteiger partial charge in [0, 0.05) is 6.54 Å². The molecule has 1 atom stereocenters. The Morgan fingerprint density at radius 3 is 3.11 bits per heavy atom. The van der Waals surface area contributed by atoms with Gasteiger partial charge in [0.1, 0.15) is 0 Å². The van der Waals surface area contributed by atoms with Crippen LogP contribution in [0.2, 0.25) is 0 Å². The van der Waals surface area contributed by atoms with E-state index in [1.165, 1.54) is 0 Å². The number of nitrogens with two attached hydrogens (primary N) is 1. The first-order valence-electron chi connectivity index (χ1n) is 6.36. The molecule has 1 saturated heterocycles. The molecule has 0 aliphatic carbocycles.